The number of hydrogen-bond acceptors (Lipinski definition) is 9. The zero-order valence-corrected chi connectivity index (χ0v) is 16.8. The Balaban J connectivity index is 1.73. The summed E-state index contributed by atoms with van der Waals surface area (Å²) in [5.41, 5.74) is 1.19. The van der Waals surface area contributed by atoms with Gasteiger partial charge in [0.15, 0.2) is 0 Å². The van der Waals surface area contributed by atoms with Gasteiger partial charge in [-0.05, 0) is 30.5 Å². The van der Waals surface area contributed by atoms with Crippen molar-refractivity contribution in [1.29, 1.82) is 0 Å². The Morgan fingerprint density at radius 1 is 0.939 bits per heavy atom. The number of likely N-dealkylation sites (tertiary alicyclic amines) is 1. The molecule has 0 aromatic heterocycles. The fourth-order valence-electron chi connectivity index (χ4n) is 3.30. The van der Waals surface area contributed by atoms with Crippen LogP contribution in [0.1, 0.15) is 28.8 Å². The monoisotopic (exact) mass is 456 g/mol. The zero-order valence-electron chi connectivity index (χ0n) is 16.8. The van der Waals surface area contributed by atoms with Gasteiger partial charge in [-0.15, -0.1) is 0 Å². The van der Waals surface area contributed by atoms with Crippen molar-refractivity contribution in [3.63, 3.8) is 0 Å². The number of carbonyl (C=O) groups excluding carboxylic acids is 2. The summed E-state index contributed by atoms with van der Waals surface area (Å²) in [6.45, 7) is 0.180. The summed E-state index contributed by atoms with van der Waals surface area (Å²) in [6.07, 6.45) is 2.06. The average molecular weight is 456 g/mol. The van der Waals surface area contributed by atoms with E-state index in [-0.39, 0.29) is 17.8 Å². The molecule has 170 valence electrons. The van der Waals surface area contributed by atoms with Gasteiger partial charge in [0.25, 0.3) is 28.9 Å². The number of non-ortho nitro benzene ring substituents is 3. The lowest BCUT2D eigenvalue weighted by Gasteiger charge is -2.23. The van der Waals surface area contributed by atoms with Crippen molar-refractivity contribution < 1.29 is 24.4 Å². The Morgan fingerprint density at radius 3 is 2.06 bits per heavy atom. The van der Waals surface area contributed by atoms with Crippen molar-refractivity contribution >= 4 is 35.1 Å². The maximum Gasteiger partial charge on any atom is 0.277 e. The molecule has 2 aromatic rings. The van der Waals surface area contributed by atoms with E-state index in [2.05, 4.69) is 10.5 Å². The molecule has 14 heteroatoms. The Morgan fingerprint density at radius 2 is 1.52 bits per heavy atom. The van der Waals surface area contributed by atoms with Gasteiger partial charge in [0.05, 0.1) is 32.6 Å². The number of rotatable bonds is 7. The summed E-state index contributed by atoms with van der Waals surface area (Å²) in [5, 5.41) is 36.6. The molecule has 0 radical (unpaired) electrons. The molecule has 3 rings (SSSR count). The van der Waals surface area contributed by atoms with Crippen molar-refractivity contribution in [2.75, 3.05) is 6.54 Å². The number of amides is 2. The predicted octanol–water partition coefficient (Wildman–Crippen LogP) is 2.17. The standard InChI is InChI=1S/C19H16N6O8/c26-18(21-20-11-12-3-5-14(6-4-12)23(28)29)17-2-1-7-22(17)19(27)13-8-15(24(30)31)10-16(9-13)25(32)33/h3-6,8-11,17H,1-2,7H2,(H,21,26). The van der Waals surface area contributed by atoms with E-state index in [1.54, 1.807) is 0 Å². The normalized spacial score (nSPS) is 15.4. The number of nitrogens with zero attached hydrogens (tertiary/aromatic N) is 5. The number of benzene rings is 2. The van der Waals surface area contributed by atoms with E-state index >= 15 is 0 Å². The van der Waals surface area contributed by atoms with E-state index in [4.69, 9.17) is 0 Å². The van der Waals surface area contributed by atoms with E-state index in [0.29, 0.717) is 18.4 Å². The second-order valence-electron chi connectivity index (χ2n) is 6.99. The largest absolute Gasteiger partial charge is 0.327 e. The topological polar surface area (TPSA) is 191 Å². The van der Waals surface area contributed by atoms with Crippen LogP contribution >= 0.6 is 0 Å². The van der Waals surface area contributed by atoms with Gasteiger partial charge in [-0.2, -0.15) is 5.10 Å². The van der Waals surface area contributed by atoms with Gasteiger partial charge in [0.1, 0.15) is 6.04 Å². The molecule has 1 heterocycles. The first-order chi connectivity index (χ1) is 15.7. The molecule has 1 N–H and O–H groups in total. The fraction of sp³-hybridized carbons (Fsp3) is 0.211. The molecule has 0 bridgehead atoms. The highest BCUT2D eigenvalue weighted by atomic mass is 16.6. The Kier molecular flexibility index (Phi) is 6.66. The number of hydrazone groups is 1. The third kappa shape index (κ3) is 5.30. The lowest BCUT2D eigenvalue weighted by molar-refractivity contribution is -0.394. The third-order valence-electron chi connectivity index (χ3n) is 4.88. The summed E-state index contributed by atoms with van der Waals surface area (Å²) in [7, 11) is 0. The quantitative estimate of drug-likeness (QED) is 0.372. The first-order valence-electron chi connectivity index (χ1n) is 9.49. The van der Waals surface area contributed by atoms with Crippen molar-refractivity contribution in [3.05, 3.63) is 83.9 Å². The third-order valence-corrected chi connectivity index (χ3v) is 4.88. The van der Waals surface area contributed by atoms with E-state index < -0.39 is 44.0 Å². The van der Waals surface area contributed by atoms with Crippen molar-refractivity contribution in [3.8, 4) is 0 Å². The number of nitrogens with one attached hydrogen (secondary N) is 1. The molecule has 0 spiro atoms. The molecule has 2 amide bonds. The summed E-state index contributed by atoms with van der Waals surface area (Å²) in [6, 6.07) is 7.10. The molecule has 0 aliphatic carbocycles. The second kappa shape index (κ2) is 9.59. The van der Waals surface area contributed by atoms with Crippen LogP contribution in [0.2, 0.25) is 0 Å². The molecule has 1 unspecified atom stereocenters. The number of nitro benzene ring substituents is 3. The van der Waals surface area contributed by atoms with Gasteiger partial charge in [0.2, 0.25) is 0 Å². The molecule has 14 nitrogen and oxygen atoms in total. The van der Waals surface area contributed by atoms with Crippen LogP contribution in [0.4, 0.5) is 17.1 Å². The Labute approximate surface area is 184 Å². The van der Waals surface area contributed by atoms with E-state index in [9.17, 15) is 39.9 Å². The summed E-state index contributed by atoms with van der Waals surface area (Å²) < 4.78 is 0. The van der Waals surface area contributed by atoms with Crippen LogP contribution in [-0.4, -0.2) is 50.3 Å². The summed E-state index contributed by atoms with van der Waals surface area (Å²) >= 11 is 0. The van der Waals surface area contributed by atoms with Crippen molar-refractivity contribution in [1.82, 2.24) is 10.3 Å². The first-order valence-corrected chi connectivity index (χ1v) is 9.49. The number of carbonyl (C=O) groups is 2. The van der Waals surface area contributed by atoms with Gasteiger partial charge in [-0.1, -0.05) is 0 Å². The first kappa shape index (κ1) is 22.9. The average Bonchev–Trinajstić information content (AvgIpc) is 3.28. The van der Waals surface area contributed by atoms with E-state index in [1.165, 1.54) is 35.4 Å². The zero-order chi connectivity index (χ0) is 24.1. The Hall–Kier alpha value is -4.75. The van der Waals surface area contributed by atoms with Crippen molar-refractivity contribution in [2.45, 2.75) is 18.9 Å². The van der Waals surface area contributed by atoms with Crippen LogP contribution in [0.3, 0.4) is 0 Å². The highest BCUT2D eigenvalue weighted by Gasteiger charge is 2.35. The fourth-order valence-corrected chi connectivity index (χ4v) is 3.30. The number of nitro groups is 3. The maximum absolute atomic E-state index is 12.9. The molecule has 1 aliphatic rings. The molecule has 1 fully saturated rings. The highest BCUT2D eigenvalue weighted by molar-refractivity contribution is 5.99. The van der Waals surface area contributed by atoms with Crippen LogP contribution in [-0.2, 0) is 4.79 Å². The molecule has 2 aromatic carbocycles. The Bertz CT molecular complexity index is 1130. The minimum absolute atomic E-state index is 0.0994. The SMILES string of the molecule is O=C(NN=Cc1ccc([N+](=O)[O-])cc1)C1CCCN1C(=O)c1cc([N+](=O)[O-])cc([N+](=O)[O-])c1. The number of hydrogen-bond donors (Lipinski definition) is 1. The van der Waals surface area contributed by atoms with Gasteiger partial charge >= 0.3 is 0 Å². The van der Waals surface area contributed by atoms with Crippen LogP contribution in [0.15, 0.2) is 47.6 Å². The van der Waals surface area contributed by atoms with E-state index in [0.717, 1.165) is 18.2 Å². The molecule has 33 heavy (non-hydrogen) atoms. The molecule has 1 aliphatic heterocycles. The molecule has 1 saturated heterocycles. The lowest BCUT2D eigenvalue weighted by atomic mass is 10.1. The van der Waals surface area contributed by atoms with Crippen LogP contribution in [0.25, 0.3) is 0 Å². The van der Waals surface area contributed by atoms with Gasteiger partial charge < -0.3 is 4.90 Å². The second-order valence-corrected chi connectivity index (χ2v) is 6.99. The summed E-state index contributed by atoms with van der Waals surface area (Å²) in [5.74, 6) is -1.36. The molecule has 1 atom stereocenters. The van der Waals surface area contributed by atoms with Crippen LogP contribution in [0, 0.1) is 30.3 Å². The molecular formula is C19H16N6O8. The van der Waals surface area contributed by atoms with Crippen molar-refractivity contribution in [2.24, 2.45) is 5.10 Å². The molecule has 0 saturated carbocycles. The van der Waals surface area contributed by atoms with E-state index in [1.807, 2.05) is 0 Å². The summed E-state index contributed by atoms with van der Waals surface area (Å²) in [4.78, 5) is 57.2. The minimum Gasteiger partial charge on any atom is -0.327 e. The predicted molar refractivity (Wildman–Crippen MR) is 113 cm³/mol. The molecular weight excluding hydrogens is 440 g/mol. The highest BCUT2D eigenvalue weighted by Crippen LogP contribution is 2.26. The van der Waals surface area contributed by atoms with Gasteiger partial charge in [-0.25, -0.2) is 5.43 Å². The smallest absolute Gasteiger partial charge is 0.277 e. The maximum atomic E-state index is 12.9. The van der Waals surface area contributed by atoms with Gasteiger partial charge in [-0.3, -0.25) is 39.9 Å². The van der Waals surface area contributed by atoms with Crippen LogP contribution in [0.5, 0.6) is 0 Å². The minimum atomic E-state index is -0.926. The van der Waals surface area contributed by atoms with Gasteiger partial charge in [0, 0.05) is 30.8 Å². The van der Waals surface area contributed by atoms with Crippen LogP contribution < -0.4 is 5.43 Å². The lowest BCUT2D eigenvalue weighted by Crippen LogP contribution is -2.44.